The normalized spacial score (nSPS) is 15.5. The lowest BCUT2D eigenvalue weighted by atomic mass is 10.1. The molecule has 1 aromatic heterocycles. The lowest BCUT2D eigenvalue weighted by Gasteiger charge is -2.34. The Morgan fingerprint density at radius 1 is 0.909 bits per heavy atom. The highest BCUT2D eigenvalue weighted by Gasteiger charge is 2.16. The van der Waals surface area contributed by atoms with Gasteiger partial charge < -0.3 is 20.0 Å². The van der Waals surface area contributed by atoms with E-state index in [-0.39, 0.29) is 0 Å². The maximum absolute atomic E-state index is 5.63. The van der Waals surface area contributed by atoms with E-state index in [1.807, 2.05) is 30.3 Å². The van der Waals surface area contributed by atoms with Gasteiger partial charge in [0.1, 0.15) is 6.26 Å². The summed E-state index contributed by atoms with van der Waals surface area (Å²) in [5, 5.41) is 6.78. The van der Waals surface area contributed by atoms with Crippen LogP contribution in [0.5, 0.6) is 0 Å². The van der Waals surface area contributed by atoms with Crippen LogP contribution in [-0.4, -0.2) is 60.5 Å². The minimum absolute atomic E-state index is 0.541. The van der Waals surface area contributed by atoms with Gasteiger partial charge in [0.2, 0.25) is 5.89 Å². The number of nitrogens with zero attached hydrogens (tertiary/aromatic N) is 4. The standard InChI is InChI=1S/C26H34N6O/c1-3-31-13-15-32(16-14-31)19-23-12-8-7-11-22(23)17-28-26(27-2)29-18-24-20-33-25(30-24)21-9-5-4-6-10-21/h4-12,20H,3,13-19H2,1-2H3,(H2,27,28,29). The van der Waals surface area contributed by atoms with Gasteiger partial charge in [-0.2, -0.15) is 0 Å². The van der Waals surface area contributed by atoms with Crippen LogP contribution in [0.1, 0.15) is 23.7 Å². The topological polar surface area (TPSA) is 68.9 Å². The Labute approximate surface area is 196 Å². The third-order valence-electron chi connectivity index (χ3n) is 6.10. The largest absolute Gasteiger partial charge is 0.444 e. The van der Waals surface area contributed by atoms with Crippen molar-refractivity contribution in [3.63, 3.8) is 0 Å². The molecule has 3 aromatic rings. The lowest BCUT2D eigenvalue weighted by molar-refractivity contribution is 0.131. The Morgan fingerprint density at radius 3 is 2.30 bits per heavy atom. The molecule has 2 aromatic carbocycles. The van der Waals surface area contributed by atoms with Crippen molar-refractivity contribution in [2.45, 2.75) is 26.6 Å². The van der Waals surface area contributed by atoms with Gasteiger partial charge in [0.15, 0.2) is 5.96 Å². The number of rotatable bonds is 8. The van der Waals surface area contributed by atoms with Crippen molar-refractivity contribution < 1.29 is 4.42 Å². The van der Waals surface area contributed by atoms with Crippen molar-refractivity contribution >= 4 is 5.96 Å². The Bertz CT molecular complexity index is 1020. The number of likely N-dealkylation sites (N-methyl/N-ethyl adjacent to an activating group) is 1. The highest BCUT2D eigenvalue weighted by Crippen LogP contribution is 2.18. The van der Waals surface area contributed by atoms with E-state index in [9.17, 15) is 0 Å². The van der Waals surface area contributed by atoms with Crippen LogP contribution in [0.25, 0.3) is 11.5 Å². The van der Waals surface area contributed by atoms with E-state index in [1.54, 1.807) is 13.3 Å². The Balaban J connectivity index is 1.29. The van der Waals surface area contributed by atoms with Crippen molar-refractivity contribution in [3.05, 3.63) is 77.7 Å². The molecule has 1 aliphatic heterocycles. The minimum Gasteiger partial charge on any atom is -0.444 e. The molecule has 1 saturated heterocycles. The first-order chi connectivity index (χ1) is 16.2. The molecular weight excluding hydrogens is 412 g/mol. The summed E-state index contributed by atoms with van der Waals surface area (Å²) in [4.78, 5) is 14.0. The van der Waals surface area contributed by atoms with Gasteiger partial charge in [-0.1, -0.05) is 49.4 Å². The summed E-state index contributed by atoms with van der Waals surface area (Å²) in [6.45, 7) is 10.2. The van der Waals surface area contributed by atoms with Gasteiger partial charge >= 0.3 is 0 Å². The summed E-state index contributed by atoms with van der Waals surface area (Å²) in [6, 6.07) is 18.6. The zero-order chi connectivity index (χ0) is 22.9. The number of hydrogen-bond donors (Lipinski definition) is 2. The summed E-state index contributed by atoms with van der Waals surface area (Å²) in [7, 11) is 1.78. The molecule has 2 N–H and O–H groups in total. The molecule has 2 heterocycles. The number of aromatic nitrogens is 1. The summed E-state index contributed by atoms with van der Waals surface area (Å²) in [6.07, 6.45) is 1.69. The first kappa shape index (κ1) is 23.0. The molecule has 0 atom stereocenters. The van der Waals surface area contributed by atoms with Crippen molar-refractivity contribution in [1.82, 2.24) is 25.4 Å². The molecule has 0 saturated carbocycles. The van der Waals surface area contributed by atoms with E-state index in [1.165, 1.54) is 11.1 Å². The number of aliphatic imine (C=N–C) groups is 1. The van der Waals surface area contributed by atoms with Crippen LogP contribution in [-0.2, 0) is 19.6 Å². The second-order valence-electron chi connectivity index (χ2n) is 8.27. The van der Waals surface area contributed by atoms with Crippen LogP contribution in [0.4, 0.5) is 0 Å². The van der Waals surface area contributed by atoms with Crippen molar-refractivity contribution in [2.24, 2.45) is 4.99 Å². The molecule has 0 spiro atoms. The fourth-order valence-corrected chi connectivity index (χ4v) is 4.06. The van der Waals surface area contributed by atoms with E-state index in [0.717, 1.165) is 63.0 Å². The summed E-state index contributed by atoms with van der Waals surface area (Å²) in [5.74, 6) is 1.37. The smallest absolute Gasteiger partial charge is 0.226 e. The number of hydrogen-bond acceptors (Lipinski definition) is 5. The molecule has 0 radical (unpaired) electrons. The number of benzene rings is 2. The molecule has 0 bridgehead atoms. The Morgan fingerprint density at radius 2 is 1.58 bits per heavy atom. The van der Waals surface area contributed by atoms with Gasteiger partial charge in [0, 0.05) is 51.9 Å². The van der Waals surface area contributed by atoms with Crippen LogP contribution in [0.2, 0.25) is 0 Å². The van der Waals surface area contributed by atoms with Crippen molar-refractivity contribution in [1.29, 1.82) is 0 Å². The predicted molar refractivity (Wildman–Crippen MR) is 133 cm³/mol. The van der Waals surface area contributed by atoms with Gasteiger partial charge in [-0.05, 0) is 29.8 Å². The van der Waals surface area contributed by atoms with Gasteiger partial charge in [-0.15, -0.1) is 0 Å². The fourth-order valence-electron chi connectivity index (χ4n) is 4.06. The molecule has 0 unspecified atom stereocenters. The monoisotopic (exact) mass is 446 g/mol. The first-order valence-electron chi connectivity index (χ1n) is 11.7. The summed E-state index contributed by atoms with van der Waals surface area (Å²) in [5.41, 5.74) is 4.47. The maximum atomic E-state index is 5.63. The molecular formula is C26H34N6O. The molecule has 0 amide bonds. The average molecular weight is 447 g/mol. The van der Waals surface area contributed by atoms with Gasteiger partial charge in [0.25, 0.3) is 0 Å². The number of oxazole rings is 1. The van der Waals surface area contributed by atoms with Crippen molar-refractivity contribution in [2.75, 3.05) is 39.8 Å². The fraction of sp³-hybridized carbons (Fsp3) is 0.385. The molecule has 7 nitrogen and oxygen atoms in total. The maximum Gasteiger partial charge on any atom is 0.226 e. The van der Waals surface area contributed by atoms with Crippen molar-refractivity contribution in [3.8, 4) is 11.5 Å². The molecule has 0 aliphatic carbocycles. The lowest BCUT2D eigenvalue weighted by Crippen LogP contribution is -2.45. The van der Waals surface area contributed by atoms with Crippen LogP contribution >= 0.6 is 0 Å². The van der Waals surface area contributed by atoms with Gasteiger partial charge in [-0.25, -0.2) is 4.98 Å². The van der Waals surface area contributed by atoms with E-state index in [0.29, 0.717) is 12.4 Å². The van der Waals surface area contributed by atoms with Crippen LogP contribution in [0.15, 0.2) is 70.3 Å². The molecule has 7 heteroatoms. The number of piperazine rings is 1. The van der Waals surface area contributed by atoms with Crippen LogP contribution in [0, 0.1) is 0 Å². The Hall–Kier alpha value is -3.16. The van der Waals surface area contributed by atoms with Crippen LogP contribution in [0.3, 0.4) is 0 Å². The predicted octanol–water partition coefficient (Wildman–Crippen LogP) is 3.34. The van der Waals surface area contributed by atoms with Gasteiger partial charge in [-0.3, -0.25) is 9.89 Å². The summed E-state index contributed by atoms with van der Waals surface area (Å²) >= 11 is 0. The van der Waals surface area contributed by atoms with E-state index >= 15 is 0 Å². The zero-order valence-corrected chi connectivity index (χ0v) is 19.6. The molecule has 33 heavy (non-hydrogen) atoms. The van der Waals surface area contributed by atoms with E-state index in [2.05, 4.69) is 61.6 Å². The first-order valence-corrected chi connectivity index (χ1v) is 11.7. The number of guanidine groups is 1. The number of nitrogens with one attached hydrogen (secondary N) is 2. The SMILES string of the molecule is CCN1CCN(Cc2ccccc2CNC(=NC)NCc2coc(-c3ccccc3)n2)CC1. The van der Waals surface area contributed by atoms with Gasteiger partial charge in [0.05, 0.1) is 12.2 Å². The summed E-state index contributed by atoms with van der Waals surface area (Å²) < 4.78 is 5.63. The second kappa shape index (κ2) is 11.6. The van der Waals surface area contributed by atoms with E-state index < -0.39 is 0 Å². The highest BCUT2D eigenvalue weighted by atomic mass is 16.3. The molecule has 4 rings (SSSR count). The second-order valence-corrected chi connectivity index (χ2v) is 8.27. The molecule has 1 aliphatic rings. The highest BCUT2D eigenvalue weighted by molar-refractivity contribution is 5.79. The van der Waals surface area contributed by atoms with Crippen LogP contribution < -0.4 is 10.6 Å². The molecule has 1 fully saturated rings. The molecule has 174 valence electrons. The van der Waals surface area contributed by atoms with E-state index in [4.69, 9.17) is 4.42 Å². The Kier molecular flexibility index (Phi) is 8.11. The minimum atomic E-state index is 0.541. The third-order valence-corrected chi connectivity index (χ3v) is 6.10. The quantitative estimate of drug-likeness (QED) is 0.409. The average Bonchev–Trinajstić information content (AvgIpc) is 3.35. The zero-order valence-electron chi connectivity index (χ0n) is 19.6. The third kappa shape index (κ3) is 6.43.